The topological polar surface area (TPSA) is 69.6 Å². The zero-order valence-corrected chi connectivity index (χ0v) is 19.4. The van der Waals surface area contributed by atoms with Gasteiger partial charge in [-0.1, -0.05) is 44.2 Å². The van der Waals surface area contributed by atoms with Crippen molar-refractivity contribution in [3.63, 3.8) is 0 Å². The second kappa shape index (κ2) is 9.77. The number of hydrogen-bond acceptors (Lipinski definition) is 5. The Morgan fingerprint density at radius 2 is 1.88 bits per heavy atom. The lowest BCUT2D eigenvalue weighted by atomic mass is 10.0. The van der Waals surface area contributed by atoms with Gasteiger partial charge >= 0.3 is 0 Å². The van der Waals surface area contributed by atoms with Gasteiger partial charge in [-0.2, -0.15) is 0 Å². The van der Waals surface area contributed by atoms with Crippen molar-refractivity contribution < 1.29 is 9.59 Å². The van der Waals surface area contributed by atoms with E-state index in [4.69, 9.17) is 9.97 Å². The summed E-state index contributed by atoms with van der Waals surface area (Å²) in [6.07, 6.45) is 2.94. The molecule has 7 heteroatoms. The minimum absolute atomic E-state index is 0.0892. The number of aryl methyl sites for hydroxylation is 1. The number of aromatic nitrogens is 2. The van der Waals surface area contributed by atoms with Crippen LogP contribution in [-0.4, -0.2) is 57.8 Å². The van der Waals surface area contributed by atoms with Gasteiger partial charge in [0.2, 0.25) is 11.8 Å². The molecule has 2 amide bonds. The van der Waals surface area contributed by atoms with Crippen LogP contribution in [0, 0.1) is 6.92 Å². The van der Waals surface area contributed by atoms with Gasteiger partial charge in [-0.15, -0.1) is 0 Å². The molecule has 4 rings (SSSR count). The van der Waals surface area contributed by atoms with Crippen LogP contribution in [0.25, 0.3) is 0 Å². The fraction of sp³-hybridized carbons (Fsp3) is 0.520. The lowest BCUT2D eigenvalue weighted by Gasteiger charge is -2.31. The van der Waals surface area contributed by atoms with E-state index in [2.05, 4.69) is 18.7 Å². The molecular weight excluding hydrogens is 402 g/mol. The van der Waals surface area contributed by atoms with Crippen molar-refractivity contribution in [3.8, 4) is 0 Å². The van der Waals surface area contributed by atoms with Crippen molar-refractivity contribution in [2.75, 3.05) is 31.1 Å². The van der Waals surface area contributed by atoms with E-state index in [1.165, 1.54) is 0 Å². The zero-order chi connectivity index (χ0) is 22.7. The molecule has 3 heterocycles. The Hall–Kier alpha value is -2.80. The molecule has 0 radical (unpaired) electrons. The van der Waals surface area contributed by atoms with Crippen molar-refractivity contribution >= 4 is 17.6 Å². The van der Waals surface area contributed by atoms with Gasteiger partial charge < -0.3 is 4.90 Å². The van der Waals surface area contributed by atoms with E-state index in [1.54, 1.807) is 4.90 Å². The van der Waals surface area contributed by atoms with Crippen molar-refractivity contribution in [1.82, 2.24) is 19.8 Å². The Labute approximate surface area is 190 Å². The van der Waals surface area contributed by atoms with Crippen LogP contribution in [0.3, 0.4) is 0 Å². The summed E-state index contributed by atoms with van der Waals surface area (Å²) in [5.74, 6) is 1.61. The van der Waals surface area contributed by atoms with Gasteiger partial charge in [0.15, 0.2) is 5.82 Å². The molecule has 2 aliphatic rings. The first-order chi connectivity index (χ1) is 15.5. The number of fused-ring (bicyclic) bond motifs is 1. The van der Waals surface area contributed by atoms with Gasteiger partial charge in [0.25, 0.3) is 0 Å². The lowest BCUT2D eigenvalue weighted by molar-refractivity contribution is -0.133. The van der Waals surface area contributed by atoms with Gasteiger partial charge in [-0.25, -0.2) is 9.97 Å². The highest BCUT2D eigenvalue weighted by atomic mass is 16.2. The molecule has 0 aliphatic carbocycles. The fourth-order valence-electron chi connectivity index (χ4n) is 4.74. The number of anilines is 1. The van der Waals surface area contributed by atoms with Gasteiger partial charge in [-0.05, 0) is 44.8 Å². The molecule has 2 aromatic rings. The second-order valence-corrected chi connectivity index (χ2v) is 8.64. The van der Waals surface area contributed by atoms with Crippen molar-refractivity contribution in [2.24, 2.45) is 0 Å². The molecule has 1 saturated heterocycles. The Morgan fingerprint density at radius 1 is 1.12 bits per heavy atom. The molecule has 1 aromatic heterocycles. The Morgan fingerprint density at radius 3 is 2.59 bits per heavy atom. The lowest BCUT2D eigenvalue weighted by Crippen LogP contribution is -2.41. The second-order valence-electron chi connectivity index (χ2n) is 8.64. The summed E-state index contributed by atoms with van der Waals surface area (Å²) in [7, 11) is 0. The van der Waals surface area contributed by atoms with E-state index in [0.29, 0.717) is 31.8 Å². The third-order valence-corrected chi connectivity index (χ3v) is 6.66. The molecule has 0 saturated carbocycles. The first-order valence-electron chi connectivity index (χ1n) is 11.7. The molecular formula is C25H33N5O2. The predicted molar refractivity (Wildman–Crippen MR) is 124 cm³/mol. The summed E-state index contributed by atoms with van der Waals surface area (Å²) >= 11 is 0. The number of carbonyl (C=O) groups excluding carboxylic acids is 2. The number of amides is 2. The van der Waals surface area contributed by atoms with Crippen LogP contribution >= 0.6 is 0 Å². The minimum Gasteiger partial charge on any atom is -0.331 e. The molecule has 7 nitrogen and oxygen atoms in total. The Bertz CT molecular complexity index is 974. The Kier molecular flexibility index (Phi) is 6.84. The molecule has 1 aromatic carbocycles. The molecule has 170 valence electrons. The number of carbonyl (C=O) groups is 2. The van der Waals surface area contributed by atoms with Crippen LogP contribution < -0.4 is 4.90 Å². The third-order valence-electron chi connectivity index (χ3n) is 6.66. The van der Waals surface area contributed by atoms with E-state index in [0.717, 1.165) is 55.1 Å². The van der Waals surface area contributed by atoms with Crippen molar-refractivity contribution in [1.29, 1.82) is 0 Å². The molecule has 0 spiro atoms. The zero-order valence-electron chi connectivity index (χ0n) is 19.4. The van der Waals surface area contributed by atoms with E-state index in [1.807, 2.05) is 42.2 Å². The minimum atomic E-state index is -0.127. The summed E-state index contributed by atoms with van der Waals surface area (Å²) in [4.78, 5) is 41.5. The van der Waals surface area contributed by atoms with E-state index < -0.39 is 0 Å². The van der Waals surface area contributed by atoms with Gasteiger partial charge in [-0.3, -0.25) is 19.4 Å². The fourth-order valence-corrected chi connectivity index (χ4v) is 4.74. The monoisotopic (exact) mass is 435 g/mol. The van der Waals surface area contributed by atoms with Crippen LogP contribution in [-0.2, 0) is 22.6 Å². The summed E-state index contributed by atoms with van der Waals surface area (Å²) in [6.45, 7) is 9.51. The number of nitrogens with zero attached hydrogens (tertiary/aromatic N) is 5. The van der Waals surface area contributed by atoms with Crippen LogP contribution in [0.5, 0.6) is 0 Å². The quantitative estimate of drug-likeness (QED) is 0.668. The highest BCUT2D eigenvalue weighted by molar-refractivity contribution is 5.95. The maximum atomic E-state index is 13.1. The standard InChI is InChI=1S/C25H33N5O2/c1-4-28(5-2)17-23(32)29-15-9-12-21(29)24-26-18(3)20-13-14-22(31)30(25(20)27-24)16-19-10-7-6-8-11-19/h6-8,10-11,21H,4-5,9,12-17H2,1-3H3/t21-/m1/s1. The summed E-state index contributed by atoms with van der Waals surface area (Å²) in [6, 6.07) is 9.88. The molecule has 1 atom stereocenters. The number of likely N-dealkylation sites (N-methyl/N-ethyl adjacent to an activating group) is 1. The maximum absolute atomic E-state index is 13.1. The molecule has 0 N–H and O–H groups in total. The highest BCUT2D eigenvalue weighted by Gasteiger charge is 2.35. The smallest absolute Gasteiger partial charge is 0.237 e. The van der Waals surface area contributed by atoms with Crippen molar-refractivity contribution in [2.45, 2.75) is 59.0 Å². The number of rotatable bonds is 7. The van der Waals surface area contributed by atoms with E-state index in [-0.39, 0.29) is 17.9 Å². The molecule has 0 bridgehead atoms. The molecule has 2 aliphatic heterocycles. The first kappa shape index (κ1) is 22.4. The molecule has 1 fully saturated rings. The largest absolute Gasteiger partial charge is 0.331 e. The number of hydrogen-bond donors (Lipinski definition) is 0. The number of benzene rings is 1. The van der Waals surface area contributed by atoms with Crippen molar-refractivity contribution in [3.05, 3.63) is 53.0 Å². The average molecular weight is 436 g/mol. The Balaban J connectivity index is 1.64. The summed E-state index contributed by atoms with van der Waals surface area (Å²) < 4.78 is 0. The summed E-state index contributed by atoms with van der Waals surface area (Å²) in [5, 5.41) is 0. The first-order valence-corrected chi connectivity index (χ1v) is 11.7. The van der Waals surface area contributed by atoms with E-state index in [9.17, 15) is 9.59 Å². The molecule has 0 unspecified atom stereocenters. The number of likely N-dealkylation sites (tertiary alicyclic amines) is 1. The van der Waals surface area contributed by atoms with Crippen LogP contribution in [0.2, 0.25) is 0 Å². The van der Waals surface area contributed by atoms with Crippen LogP contribution in [0.4, 0.5) is 5.82 Å². The van der Waals surface area contributed by atoms with E-state index >= 15 is 0 Å². The van der Waals surface area contributed by atoms with Crippen LogP contribution in [0.15, 0.2) is 30.3 Å². The molecule has 32 heavy (non-hydrogen) atoms. The predicted octanol–water partition coefficient (Wildman–Crippen LogP) is 3.27. The van der Waals surface area contributed by atoms with Crippen LogP contribution in [0.1, 0.15) is 61.8 Å². The highest BCUT2D eigenvalue weighted by Crippen LogP contribution is 2.35. The third kappa shape index (κ3) is 4.53. The SMILES string of the molecule is CCN(CC)CC(=O)N1CCC[C@@H]1c1nc(C)c2c(n1)N(Cc1ccccc1)C(=O)CC2. The summed E-state index contributed by atoms with van der Waals surface area (Å²) in [5.41, 5.74) is 3.03. The maximum Gasteiger partial charge on any atom is 0.237 e. The normalized spacial score (nSPS) is 18.4. The average Bonchev–Trinajstić information content (AvgIpc) is 3.30. The van der Waals surface area contributed by atoms with Gasteiger partial charge in [0, 0.05) is 24.2 Å². The van der Waals surface area contributed by atoms with Gasteiger partial charge in [0.05, 0.1) is 19.1 Å². The van der Waals surface area contributed by atoms with Gasteiger partial charge in [0.1, 0.15) is 5.82 Å².